The number of allylic oxidation sites excluding steroid dienone is 5. The Morgan fingerprint density at radius 1 is 1.13 bits per heavy atom. The quantitative estimate of drug-likeness (QED) is 0.338. The molecule has 1 fully saturated rings. The summed E-state index contributed by atoms with van der Waals surface area (Å²) in [5, 5.41) is 0. The monoisotopic (exact) mass is 216 g/mol. The van der Waals surface area contributed by atoms with Crippen LogP contribution in [0.5, 0.6) is 0 Å². The summed E-state index contributed by atoms with van der Waals surface area (Å²) in [5.41, 5.74) is 6.42. The van der Waals surface area contributed by atoms with E-state index in [2.05, 4.69) is 36.3 Å². The number of nitrogens with zero attached hydrogens (tertiary/aromatic N) is 1. The summed E-state index contributed by atoms with van der Waals surface area (Å²) in [6.45, 7) is 0. The average molecular weight is 216 g/mol. The van der Waals surface area contributed by atoms with E-state index in [1.807, 2.05) is 0 Å². The maximum absolute atomic E-state index is 2.47. The SMILES string of the molecule is C1=CC2=C(CC1)C1=CCCC=C1[N+]21CS1. The standard InChI is InChI=1S/C13H14NS/c1-3-7-12-10(5-1)11-6-2-4-8-13(11)14(12)9-15-14/h3,6-8H,1-2,4-5,9H2/q+1. The number of quaternary nitrogens is 1. The van der Waals surface area contributed by atoms with E-state index >= 15 is 0 Å². The lowest BCUT2D eigenvalue weighted by Crippen LogP contribution is -2.17. The molecule has 0 radical (unpaired) electrons. The Balaban J connectivity index is 1.96. The molecule has 0 bridgehead atoms. The summed E-state index contributed by atoms with van der Waals surface area (Å²) in [5.74, 6) is 1.26. The van der Waals surface area contributed by atoms with Crippen molar-refractivity contribution in [3.8, 4) is 0 Å². The van der Waals surface area contributed by atoms with E-state index < -0.39 is 0 Å². The van der Waals surface area contributed by atoms with Crippen LogP contribution >= 0.6 is 11.9 Å². The molecule has 76 valence electrons. The van der Waals surface area contributed by atoms with E-state index in [0.29, 0.717) is 0 Å². The van der Waals surface area contributed by atoms with Crippen LogP contribution in [0.4, 0.5) is 0 Å². The predicted molar refractivity (Wildman–Crippen MR) is 63.5 cm³/mol. The zero-order chi connectivity index (χ0) is 9.88. The van der Waals surface area contributed by atoms with Gasteiger partial charge in [0, 0.05) is 11.1 Å². The Morgan fingerprint density at radius 3 is 2.87 bits per heavy atom. The van der Waals surface area contributed by atoms with Crippen molar-refractivity contribution in [2.24, 2.45) is 0 Å². The van der Waals surface area contributed by atoms with Gasteiger partial charge in [0.15, 0.2) is 29.2 Å². The van der Waals surface area contributed by atoms with Crippen molar-refractivity contribution in [1.29, 1.82) is 0 Å². The summed E-state index contributed by atoms with van der Waals surface area (Å²) in [7, 11) is 0. The summed E-state index contributed by atoms with van der Waals surface area (Å²) >= 11 is 2.07. The third kappa shape index (κ3) is 0.943. The number of hydrogen-bond acceptors (Lipinski definition) is 1. The molecule has 15 heavy (non-hydrogen) atoms. The lowest BCUT2D eigenvalue weighted by Gasteiger charge is -2.13. The molecule has 0 aromatic carbocycles. The maximum atomic E-state index is 2.47. The Labute approximate surface area is 94.6 Å². The molecule has 1 saturated heterocycles. The van der Waals surface area contributed by atoms with Crippen LogP contribution in [-0.2, 0) is 0 Å². The van der Waals surface area contributed by atoms with Gasteiger partial charge in [0.1, 0.15) is 0 Å². The van der Waals surface area contributed by atoms with Crippen molar-refractivity contribution in [2.45, 2.75) is 25.7 Å². The number of hydrogen-bond donors (Lipinski definition) is 0. The van der Waals surface area contributed by atoms with Crippen LogP contribution in [0, 0.1) is 0 Å². The van der Waals surface area contributed by atoms with Crippen molar-refractivity contribution in [2.75, 3.05) is 5.88 Å². The van der Waals surface area contributed by atoms with E-state index in [9.17, 15) is 0 Å². The molecule has 0 amide bonds. The van der Waals surface area contributed by atoms with Gasteiger partial charge >= 0.3 is 0 Å². The molecule has 0 N–H and O–H groups in total. The van der Waals surface area contributed by atoms with E-state index in [4.69, 9.17) is 0 Å². The second-order valence-corrected chi connectivity index (χ2v) is 5.73. The van der Waals surface area contributed by atoms with Crippen molar-refractivity contribution in [3.05, 3.63) is 46.8 Å². The molecule has 4 aliphatic rings. The minimum atomic E-state index is 1.12. The van der Waals surface area contributed by atoms with E-state index in [0.717, 1.165) is 3.89 Å². The van der Waals surface area contributed by atoms with Gasteiger partial charge in [-0.05, 0) is 37.8 Å². The van der Waals surface area contributed by atoms with Gasteiger partial charge in [-0.25, -0.2) is 0 Å². The highest BCUT2D eigenvalue weighted by Gasteiger charge is 2.60. The summed E-state index contributed by atoms with van der Waals surface area (Å²) < 4.78 is 1.12. The molecule has 2 aliphatic heterocycles. The van der Waals surface area contributed by atoms with Crippen LogP contribution in [0.3, 0.4) is 0 Å². The smallest absolute Gasteiger partial charge is 0.179 e. The first-order valence-electron chi connectivity index (χ1n) is 5.76. The fourth-order valence-electron chi connectivity index (χ4n) is 3.01. The Hall–Kier alpha value is -0.730. The molecule has 2 heterocycles. The lowest BCUT2D eigenvalue weighted by molar-refractivity contribution is -0.625. The predicted octanol–water partition coefficient (Wildman–Crippen LogP) is 3.64. The van der Waals surface area contributed by atoms with Crippen molar-refractivity contribution in [3.63, 3.8) is 0 Å². The van der Waals surface area contributed by atoms with Crippen LogP contribution in [0.1, 0.15) is 25.7 Å². The van der Waals surface area contributed by atoms with E-state index in [1.165, 1.54) is 31.6 Å². The van der Waals surface area contributed by atoms with Gasteiger partial charge < -0.3 is 0 Å². The van der Waals surface area contributed by atoms with E-state index in [1.54, 1.807) is 22.5 Å². The third-order valence-electron chi connectivity index (χ3n) is 3.77. The zero-order valence-corrected chi connectivity index (χ0v) is 9.52. The molecule has 0 saturated carbocycles. The molecular formula is C13H14NS+. The lowest BCUT2D eigenvalue weighted by atomic mass is 9.93. The zero-order valence-electron chi connectivity index (χ0n) is 8.70. The second kappa shape index (κ2) is 2.69. The van der Waals surface area contributed by atoms with Crippen LogP contribution < -0.4 is 0 Å². The normalized spacial score (nSPS) is 36.3. The first kappa shape index (κ1) is 8.43. The van der Waals surface area contributed by atoms with Gasteiger partial charge in [0.05, 0.1) is 0 Å². The van der Waals surface area contributed by atoms with Crippen LogP contribution in [0.25, 0.3) is 0 Å². The second-order valence-electron chi connectivity index (χ2n) is 4.59. The molecule has 1 nitrogen and oxygen atoms in total. The molecule has 2 heteroatoms. The van der Waals surface area contributed by atoms with Crippen LogP contribution in [-0.4, -0.2) is 9.77 Å². The highest BCUT2D eigenvalue weighted by Crippen LogP contribution is 2.62. The van der Waals surface area contributed by atoms with E-state index in [-0.39, 0.29) is 0 Å². The Morgan fingerprint density at radius 2 is 2.00 bits per heavy atom. The average Bonchev–Trinajstić information content (AvgIpc) is 3.05. The van der Waals surface area contributed by atoms with Crippen molar-refractivity contribution in [1.82, 2.24) is 0 Å². The molecule has 0 aromatic rings. The topological polar surface area (TPSA) is 0 Å². The Bertz CT molecular complexity index is 461. The first-order chi connectivity index (χ1) is 7.42. The highest BCUT2D eigenvalue weighted by atomic mass is 32.2. The molecular weight excluding hydrogens is 202 g/mol. The van der Waals surface area contributed by atoms with Gasteiger partial charge in [-0.3, -0.25) is 0 Å². The number of rotatable bonds is 0. The third-order valence-corrected chi connectivity index (χ3v) is 4.93. The molecule has 1 unspecified atom stereocenters. The Kier molecular flexibility index (Phi) is 1.51. The number of fused-ring (bicyclic) bond motifs is 4. The van der Waals surface area contributed by atoms with Crippen molar-refractivity contribution >= 4 is 11.9 Å². The minimum absolute atomic E-state index is 1.12. The van der Waals surface area contributed by atoms with Crippen LogP contribution in [0.2, 0.25) is 0 Å². The van der Waals surface area contributed by atoms with Gasteiger partial charge in [-0.1, -0.05) is 12.2 Å². The maximum Gasteiger partial charge on any atom is 0.200 e. The van der Waals surface area contributed by atoms with Crippen molar-refractivity contribution < 1.29 is 3.89 Å². The van der Waals surface area contributed by atoms with Gasteiger partial charge in [0.2, 0.25) is 0 Å². The summed E-state index contributed by atoms with van der Waals surface area (Å²) in [6.07, 6.45) is 14.6. The summed E-state index contributed by atoms with van der Waals surface area (Å²) in [6, 6.07) is 0. The molecule has 4 rings (SSSR count). The van der Waals surface area contributed by atoms with Gasteiger partial charge in [-0.2, -0.15) is 3.89 Å². The summed E-state index contributed by atoms with van der Waals surface area (Å²) in [4.78, 5) is 0. The first-order valence-corrected chi connectivity index (χ1v) is 6.70. The van der Waals surface area contributed by atoms with Gasteiger partial charge in [-0.15, -0.1) is 0 Å². The van der Waals surface area contributed by atoms with Gasteiger partial charge in [0.25, 0.3) is 0 Å². The largest absolute Gasteiger partial charge is 0.200 e. The molecule has 0 aromatic heterocycles. The minimum Gasteiger partial charge on any atom is -0.179 e. The van der Waals surface area contributed by atoms with Crippen LogP contribution in [0.15, 0.2) is 46.8 Å². The fraction of sp³-hybridized carbons (Fsp3) is 0.385. The molecule has 1 spiro atoms. The molecule has 1 atom stereocenters. The molecule has 2 aliphatic carbocycles. The highest BCUT2D eigenvalue weighted by molar-refractivity contribution is 7.98. The fourth-order valence-corrected chi connectivity index (χ4v) is 4.03.